The Morgan fingerprint density at radius 1 is 1.04 bits per heavy atom. The molecule has 0 saturated heterocycles. The summed E-state index contributed by atoms with van der Waals surface area (Å²) in [5.41, 5.74) is 0.805. The van der Waals surface area contributed by atoms with E-state index in [0.29, 0.717) is 5.02 Å². The van der Waals surface area contributed by atoms with Gasteiger partial charge in [-0.2, -0.15) is 4.31 Å². The van der Waals surface area contributed by atoms with Gasteiger partial charge in [-0.3, -0.25) is 4.79 Å². The highest BCUT2D eigenvalue weighted by Crippen LogP contribution is 2.20. The van der Waals surface area contributed by atoms with Crippen LogP contribution in [0.15, 0.2) is 59.5 Å². The van der Waals surface area contributed by atoms with Crippen LogP contribution in [0.5, 0.6) is 0 Å². The van der Waals surface area contributed by atoms with Crippen LogP contribution in [0.1, 0.15) is 26.3 Å². The fourth-order valence-corrected chi connectivity index (χ4v) is 3.91. The molecule has 1 atom stereocenters. The van der Waals surface area contributed by atoms with Crippen molar-refractivity contribution in [2.45, 2.75) is 38.3 Å². The number of hydrogen-bond donors (Lipinski definition) is 1. The summed E-state index contributed by atoms with van der Waals surface area (Å²) < 4.78 is 27.4. The molecule has 0 aromatic heterocycles. The predicted octanol–water partition coefficient (Wildman–Crippen LogP) is 3.69. The van der Waals surface area contributed by atoms with Gasteiger partial charge in [0, 0.05) is 17.6 Å². The molecule has 27 heavy (non-hydrogen) atoms. The topological polar surface area (TPSA) is 66.5 Å². The molecular weight excluding hydrogens is 384 g/mol. The third-order valence-corrected chi connectivity index (χ3v) is 6.42. The second kappa shape index (κ2) is 9.35. The molecule has 0 aliphatic carbocycles. The maximum Gasteiger partial charge on any atom is 0.243 e. The number of benzene rings is 2. The third kappa shape index (κ3) is 6.06. The number of nitrogens with one attached hydrogen (secondary N) is 1. The van der Waals surface area contributed by atoms with Crippen molar-refractivity contribution in [3.05, 3.63) is 65.2 Å². The van der Waals surface area contributed by atoms with E-state index in [2.05, 4.69) is 5.32 Å². The first kappa shape index (κ1) is 21.4. The summed E-state index contributed by atoms with van der Waals surface area (Å²) in [6.07, 6.45) is 0. The molecule has 1 unspecified atom stereocenters. The molecule has 7 heteroatoms. The summed E-state index contributed by atoms with van der Waals surface area (Å²) >= 11 is 5.87. The van der Waals surface area contributed by atoms with Gasteiger partial charge in [-0.25, -0.2) is 8.42 Å². The summed E-state index contributed by atoms with van der Waals surface area (Å²) in [7, 11) is -3.85. The van der Waals surface area contributed by atoms with E-state index in [1.807, 2.05) is 51.1 Å². The molecule has 146 valence electrons. The van der Waals surface area contributed by atoms with Gasteiger partial charge < -0.3 is 5.32 Å². The Kier molecular flexibility index (Phi) is 7.41. The summed E-state index contributed by atoms with van der Waals surface area (Å²) in [5.74, 6) is -0.0749. The molecule has 0 saturated carbocycles. The van der Waals surface area contributed by atoms with Crippen LogP contribution >= 0.6 is 11.6 Å². The Morgan fingerprint density at radius 2 is 1.63 bits per heavy atom. The number of hydrogen-bond acceptors (Lipinski definition) is 3. The zero-order valence-electron chi connectivity index (χ0n) is 15.7. The van der Waals surface area contributed by atoms with Gasteiger partial charge in [0.15, 0.2) is 0 Å². The predicted molar refractivity (Wildman–Crippen MR) is 108 cm³/mol. The van der Waals surface area contributed by atoms with E-state index in [-0.39, 0.29) is 35.9 Å². The van der Waals surface area contributed by atoms with Gasteiger partial charge in [0.25, 0.3) is 0 Å². The highest BCUT2D eigenvalue weighted by molar-refractivity contribution is 7.89. The lowest BCUT2D eigenvalue weighted by Gasteiger charge is -2.24. The Morgan fingerprint density at radius 3 is 2.19 bits per heavy atom. The van der Waals surface area contributed by atoms with E-state index in [4.69, 9.17) is 11.6 Å². The summed E-state index contributed by atoms with van der Waals surface area (Å²) in [6, 6.07) is 15.1. The van der Waals surface area contributed by atoms with Crippen LogP contribution in [0.25, 0.3) is 0 Å². The smallest absolute Gasteiger partial charge is 0.243 e. The molecular formula is C20H25ClN2O3S. The number of carbonyl (C=O) groups excluding carboxylic acids is 1. The lowest BCUT2D eigenvalue weighted by molar-refractivity contribution is -0.122. The van der Waals surface area contributed by atoms with Crippen LogP contribution in [0, 0.1) is 5.92 Å². The van der Waals surface area contributed by atoms with Gasteiger partial charge >= 0.3 is 0 Å². The van der Waals surface area contributed by atoms with Crippen molar-refractivity contribution < 1.29 is 13.2 Å². The van der Waals surface area contributed by atoms with E-state index < -0.39 is 10.0 Å². The average molecular weight is 409 g/mol. The fraction of sp³-hybridized carbons (Fsp3) is 0.350. The van der Waals surface area contributed by atoms with Crippen molar-refractivity contribution >= 4 is 27.5 Å². The van der Waals surface area contributed by atoms with E-state index in [1.165, 1.54) is 28.6 Å². The Labute approximate surface area is 166 Å². The Hall–Kier alpha value is -1.89. The zero-order chi connectivity index (χ0) is 20.0. The molecule has 0 aliphatic rings. The van der Waals surface area contributed by atoms with Crippen LogP contribution in [0.3, 0.4) is 0 Å². The number of carbonyl (C=O) groups is 1. The number of halogens is 1. The lowest BCUT2D eigenvalue weighted by Crippen LogP contribution is -2.44. The lowest BCUT2D eigenvalue weighted by atomic mass is 10.1. The number of amides is 1. The molecule has 0 fully saturated rings. The first-order valence-electron chi connectivity index (χ1n) is 8.79. The monoisotopic (exact) mass is 408 g/mol. The van der Waals surface area contributed by atoms with Crippen LogP contribution < -0.4 is 5.32 Å². The summed E-state index contributed by atoms with van der Waals surface area (Å²) in [6.45, 7) is 5.75. The van der Waals surface area contributed by atoms with Gasteiger partial charge in [-0.1, -0.05) is 55.8 Å². The van der Waals surface area contributed by atoms with Crippen LogP contribution in [0.4, 0.5) is 0 Å². The molecule has 0 heterocycles. The largest absolute Gasteiger partial charge is 0.352 e. The molecule has 0 spiro atoms. The van der Waals surface area contributed by atoms with Gasteiger partial charge in [0.2, 0.25) is 15.9 Å². The van der Waals surface area contributed by atoms with E-state index >= 15 is 0 Å². The molecule has 1 N–H and O–H groups in total. The molecule has 2 aromatic rings. The normalized spacial score (nSPS) is 13.0. The minimum absolute atomic E-state index is 0.0469. The molecule has 2 rings (SSSR count). The molecule has 0 bridgehead atoms. The maximum absolute atomic E-state index is 13.1. The summed E-state index contributed by atoms with van der Waals surface area (Å²) in [4.78, 5) is 12.6. The van der Waals surface area contributed by atoms with Gasteiger partial charge in [0.1, 0.15) is 0 Å². The molecule has 2 aromatic carbocycles. The highest BCUT2D eigenvalue weighted by Gasteiger charge is 2.27. The fourth-order valence-electron chi connectivity index (χ4n) is 2.39. The quantitative estimate of drug-likeness (QED) is 0.724. The number of sulfonamides is 1. The third-order valence-electron chi connectivity index (χ3n) is 4.36. The van der Waals surface area contributed by atoms with Crippen LogP contribution in [-0.4, -0.2) is 31.2 Å². The molecule has 0 radical (unpaired) electrons. The van der Waals surface area contributed by atoms with Crippen LogP contribution in [-0.2, 0) is 21.4 Å². The second-order valence-electron chi connectivity index (χ2n) is 6.81. The van der Waals surface area contributed by atoms with Crippen LogP contribution in [0.2, 0.25) is 5.02 Å². The van der Waals surface area contributed by atoms with Crippen molar-refractivity contribution in [2.75, 3.05) is 6.54 Å². The van der Waals surface area contributed by atoms with Crippen molar-refractivity contribution in [1.29, 1.82) is 0 Å². The zero-order valence-corrected chi connectivity index (χ0v) is 17.3. The Bertz CT molecular complexity index is 853. The van der Waals surface area contributed by atoms with E-state index in [1.54, 1.807) is 0 Å². The highest BCUT2D eigenvalue weighted by atomic mass is 35.5. The molecule has 0 aliphatic heterocycles. The van der Waals surface area contributed by atoms with Crippen molar-refractivity contribution in [3.8, 4) is 0 Å². The first-order valence-corrected chi connectivity index (χ1v) is 10.6. The number of nitrogens with zero attached hydrogens (tertiary/aromatic N) is 1. The SMILES string of the molecule is CC(C)C(C)NC(=O)CN(Cc1ccccc1)S(=O)(=O)c1ccc(Cl)cc1. The first-order chi connectivity index (χ1) is 12.7. The van der Waals surface area contributed by atoms with Crippen molar-refractivity contribution in [1.82, 2.24) is 9.62 Å². The molecule has 5 nitrogen and oxygen atoms in total. The Balaban J connectivity index is 2.28. The van der Waals surface area contributed by atoms with E-state index in [9.17, 15) is 13.2 Å². The standard InChI is InChI=1S/C20H25ClN2O3S/c1-15(2)16(3)22-20(24)14-23(13-17-7-5-4-6-8-17)27(25,26)19-11-9-18(21)10-12-19/h4-12,15-16H,13-14H2,1-3H3,(H,22,24). The van der Waals surface area contributed by atoms with E-state index in [0.717, 1.165) is 5.56 Å². The minimum Gasteiger partial charge on any atom is -0.352 e. The average Bonchev–Trinajstić information content (AvgIpc) is 2.62. The van der Waals surface area contributed by atoms with Gasteiger partial charge in [-0.15, -0.1) is 0 Å². The van der Waals surface area contributed by atoms with Gasteiger partial charge in [0.05, 0.1) is 11.4 Å². The maximum atomic E-state index is 13.1. The van der Waals surface area contributed by atoms with Crippen molar-refractivity contribution in [2.24, 2.45) is 5.92 Å². The molecule has 1 amide bonds. The van der Waals surface area contributed by atoms with Gasteiger partial charge in [-0.05, 0) is 42.7 Å². The summed E-state index contributed by atoms with van der Waals surface area (Å²) in [5, 5.41) is 3.31. The number of rotatable bonds is 8. The second-order valence-corrected chi connectivity index (χ2v) is 9.19. The minimum atomic E-state index is -3.85. The van der Waals surface area contributed by atoms with Crippen molar-refractivity contribution in [3.63, 3.8) is 0 Å².